The average molecular weight is 499 g/mol. The van der Waals surface area contributed by atoms with E-state index in [1.54, 1.807) is 24.3 Å². The molecule has 1 N–H and O–H groups in total. The number of rotatable bonds is 8. The van der Waals surface area contributed by atoms with Gasteiger partial charge in [0.15, 0.2) is 17.3 Å². The predicted octanol–water partition coefficient (Wildman–Crippen LogP) is 4.27. The summed E-state index contributed by atoms with van der Waals surface area (Å²) in [6.07, 6.45) is 4.24. The summed E-state index contributed by atoms with van der Waals surface area (Å²) >= 11 is 1.31. The Labute approximate surface area is 201 Å². The summed E-state index contributed by atoms with van der Waals surface area (Å²) in [6.45, 7) is 2.08. The first-order valence-corrected chi connectivity index (χ1v) is 12.7. The van der Waals surface area contributed by atoms with Crippen LogP contribution in [0.5, 0.6) is 11.5 Å². The zero-order chi connectivity index (χ0) is 24.3. The highest BCUT2D eigenvalue weighted by atomic mass is 32.2. The van der Waals surface area contributed by atoms with Crippen LogP contribution in [0.4, 0.5) is 0 Å². The zero-order valence-electron chi connectivity index (χ0n) is 18.5. The van der Waals surface area contributed by atoms with Crippen molar-refractivity contribution >= 4 is 49.9 Å². The van der Waals surface area contributed by atoms with Crippen molar-refractivity contribution in [1.29, 1.82) is 5.41 Å². The van der Waals surface area contributed by atoms with E-state index in [1.807, 2.05) is 0 Å². The van der Waals surface area contributed by atoms with Gasteiger partial charge in [0.1, 0.15) is 9.94 Å². The van der Waals surface area contributed by atoms with E-state index in [-0.39, 0.29) is 27.8 Å². The van der Waals surface area contributed by atoms with Crippen LogP contribution >= 0.6 is 11.8 Å². The highest BCUT2D eigenvalue weighted by molar-refractivity contribution is 8.26. The fourth-order valence-electron chi connectivity index (χ4n) is 3.22. The SMILES string of the molecule is CCCCC1=NN2C(=N)C(=Cc3ccc(OS(=O)(=O)c4ccccc4)c(OC)c3)C(=O)N=C2S1. The number of unbranched alkanes of at least 4 members (excludes halogenated alkanes) is 1. The van der Waals surface area contributed by atoms with E-state index in [9.17, 15) is 13.2 Å². The van der Waals surface area contributed by atoms with Gasteiger partial charge in [0, 0.05) is 0 Å². The molecule has 176 valence electrons. The van der Waals surface area contributed by atoms with Crippen LogP contribution in [0.15, 0.2) is 69.1 Å². The molecule has 2 aliphatic heterocycles. The minimum Gasteiger partial charge on any atom is -0.493 e. The summed E-state index contributed by atoms with van der Waals surface area (Å²) in [5.74, 6) is -0.453. The lowest BCUT2D eigenvalue weighted by molar-refractivity contribution is -0.114. The van der Waals surface area contributed by atoms with Crippen LogP contribution in [0.25, 0.3) is 6.08 Å². The Hall–Kier alpha value is -3.44. The number of amidine groups is 2. The Bertz CT molecular complexity index is 1330. The first kappa shape index (κ1) is 23.7. The van der Waals surface area contributed by atoms with Gasteiger partial charge in [-0.05, 0) is 60.5 Å². The molecule has 0 saturated carbocycles. The summed E-state index contributed by atoms with van der Waals surface area (Å²) in [6, 6.07) is 12.3. The second-order valence-electron chi connectivity index (χ2n) is 7.38. The van der Waals surface area contributed by atoms with Crippen LogP contribution in [0.3, 0.4) is 0 Å². The molecule has 0 bridgehead atoms. The number of thioether (sulfide) groups is 1. The molecule has 0 saturated heterocycles. The van der Waals surface area contributed by atoms with Gasteiger partial charge in [-0.25, -0.2) is 0 Å². The van der Waals surface area contributed by atoms with Crippen molar-refractivity contribution < 1.29 is 22.1 Å². The van der Waals surface area contributed by atoms with Crippen molar-refractivity contribution in [2.75, 3.05) is 7.11 Å². The van der Waals surface area contributed by atoms with Crippen LogP contribution < -0.4 is 8.92 Å². The molecule has 9 nitrogen and oxygen atoms in total. The number of benzene rings is 2. The standard InChI is InChI=1S/C23H22N4O5S2/c1-3-4-10-20-26-27-21(24)17(22(28)25-23(27)33-20)13-15-11-12-18(19(14-15)31-2)32-34(29,30)16-8-6-5-7-9-16/h5-9,11-14,24H,3-4,10H2,1-2H3. The smallest absolute Gasteiger partial charge is 0.339 e. The third-order valence-electron chi connectivity index (χ3n) is 4.97. The zero-order valence-corrected chi connectivity index (χ0v) is 20.1. The maximum absolute atomic E-state index is 12.6. The van der Waals surface area contributed by atoms with Crippen LogP contribution in [0.2, 0.25) is 0 Å². The van der Waals surface area contributed by atoms with E-state index in [2.05, 4.69) is 17.0 Å². The first-order chi connectivity index (χ1) is 16.3. The Morgan fingerprint density at radius 3 is 2.62 bits per heavy atom. The summed E-state index contributed by atoms with van der Waals surface area (Å²) in [7, 11) is -2.67. The van der Waals surface area contributed by atoms with E-state index in [4.69, 9.17) is 14.3 Å². The van der Waals surface area contributed by atoms with Crippen molar-refractivity contribution in [3.63, 3.8) is 0 Å². The van der Waals surface area contributed by atoms with E-state index in [0.717, 1.165) is 24.3 Å². The molecule has 0 atom stereocenters. The Kier molecular flexibility index (Phi) is 6.85. The van der Waals surface area contributed by atoms with Crippen LogP contribution in [0.1, 0.15) is 31.7 Å². The number of hydrogen-bond acceptors (Lipinski definition) is 8. The van der Waals surface area contributed by atoms with E-state index < -0.39 is 16.0 Å². The van der Waals surface area contributed by atoms with E-state index >= 15 is 0 Å². The number of aliphatic imine (C=N–C) groups is 1. The summed E-state index contributed by atoms with van der Waals surface area (Å²) in [5.41, 5.74) is 0.576. The second kappa shape index (κ2) is 9.82. The molecule has 2 aliphatic rings. The molecule has 2 aromatic rings. The van der Waals surface area contributed by atoms with Gasteiger partial charge in [-0.1, -0.05) is 37.6 Å². The minimum absolute atomic E-state index is 0.0000313. The number of carbonyl (C=O) groups is 1. The Balaban J connectivity index is 1.60. The van der Waals surface area contributed by atoms with E-state index in [1.165, 1.54) is 54.2 Å². The van der Waals surface area contributed by atoms with Gasteiger partial charge in [0.05, 0.1) is 12.7 Å². The van der Waals surface area contributed by atoms with Crippen molar-refractivity contribution in [2.45, 2.75) is 31.1 Å². The number of hydrogen-bond donors (Lipinski definition) is 1. The lowest BCUT2D eigenvalue weighted by atomic mass is 10.1. The number of carbonyl (C=O) groups excluding carboxylic acids is 1. The quantitative estimate of drug-likeness (QED) is 0.426. The fraction of sp³-hybridized carbons (Fsp3) is 0.217. The van der Waals surface area contributed by atoms with Gasteiger partial charge in [-0.15, -0.1) is 0 Å². The molecule has 0 unspecified atom stereocenters. The number of methoxy groups -OCH3 is 1. The third kappa shape index (κ3) is 4.90. The van der Waals surface area contributed by atoms with Crippen molar-refractivity contribution in [3.05, 3.63) is 59.7 Å². The monoisotopic (exact) mass is 498 g/mol. The highest BCUT2D eigenvalue weighted by Gasteiger charge is 2.35. The summed E-state index contributed by atoms with van der Waals surface area (Å²) in [5, 5.41) is 15.5. The largest absolute Gasteiger partial charge is 0.493 e. The van der Waals surface area contributed by atoms with Gasteiger partial charge >= 0.3 is 10.1 Å². The van der Waals surface area contributed by atoms with Crippen LogP contribution in [0, 0.1) is 5.41 Å². The third-order valence-corrected chi connectivity index (χ3v) is 7.19. The maximum atomic E-state index is 12.6. The molecule has 4 rings (SSSR count). The molecule has 2 heterocycles. The van der Waals surface area contributed by atoms with Gasteiger partial charge in [0.2, 0.25) is 5.17 Å². The summed E-state index contributed by atoms with van der Waals surface area (Å²) < 4.78 is 35.7. The second-order valence-corrected chi connectivity index (χ2v) is 9.96. The van der Waals surface area contributed by atoms with E-state index in [0.29, 0.717) is 10.7 Å². The van der Waals surface area contributed by atoms with Crippen molar-refractivity contribution in [3.8, 4) is 11.5 Å². The van der Waals surface area contributed by atoms with Crippen LogP contribution in [-0.4, -0.2) is 42.5 Å². The Morgan fingerprint density at radius 2 is 1.91 bits per heavy atom. The minimum atomic E-state index is -4.05. The molecule has 11 heteroatoms. The first-order valence-electron chi connectivity index (χ1n) is 10.5. The van der Waals surface area contributed by atoms with Crippen molar-refractivity contribution in [2.24, 2.45) is 10.1 Å². The molecular weight excluding hydrogens is 476 g/mol. The van der Waals surface area contributed by atoms with Gasteiger partial charge in [-0.3, -0.25) is 10.2 Å². The molecule has 34 heavy (non-hydrogen) atoms. The van der Waals surface area contributed by atoms with Gasteiger partial charge in [-0.2, -0.15) is 23.5 Å². The maximum Gasteiger partial charge on any atom is 0.339 e. The van der Waals surface area contributed by atoms with Crippen LogP contribution in [-0.2, 0) is 14.9 Å². The number of fused-ring (bicyclic) bond motifs is 1. The normalized spacial score (nSPS) is 16.9. The number of amides is 1. The lowest BCUT2D eigenvalue weighted by Crippen LogP contribution is -2.35. The molecule has 0 fully saturated rings. The van der Waals surface area contributed by atoms with Gasteiger partial charge in [0.25, 0.3) is 5.91 Å². The molecule has 0 spiro atoms. The number of ether oxygens (including phenoxy) is 1. The number of nitrogens with zero attached hydrogens (tertiary/aromatic N) is 3. The topological polar surface area (TPSA) is 121 Å². The highest BCUT2D eigenvalue weighted by Crippen LogP contribution is 2.33. The molecule has 0 radical (unpaired) electrons. The number of nitrogens with one attached hydrogen (secondary N) is 1. The van der Waals surface area contributed by atoms with Gasteiger partial charge < -0.3 is 8.92 Å². The molecule has 0 aromatic heterocycles. The summed E-state index contributed by atoms with van der Waals surface area (Å²) in [4.78, 5) is 16.7. The molecule has 2 aromatic carbocycles. The number of hydrazone groups is 1. The molecular formula is C23H22N4O5S2. The lowest BCUT2D eigenvalue weighted by Gasteiger charge is -2.20. The average Bonchev–Trinajstić information content (AvgIpc) is 3.24. The fourth-order valence-corrected chi connectivity index (χ4v) is 5.11. The predicted molar refractivity (Wildman–Crippen MR) is 132 cm³/mol. The molecule has 1 amide bonds. The van der Waals surface area contributed by atoms with Crippen molar-refractivity contribution in [1.82, 2.24) is 5.01 Å². The molecule has 0 aliphatic carbocycles. The Morgan fingerprint density at radius 1 is 1.15 bits per heavy atom.